The Morgan fingerprint density at radius 1 is 1.30 bits per heavy atom. The van der Waals surface area contributed by atoms with Crippen molar-refractivity contribution in [3.05, 3.63) is 35.7 Å². The van der Waals surface area contributed by atoms with Crippen LogP contribution in [0.25, 0.3) is 0 Å². The van der Waals surface area contributed by atoms with Crippen molar-refractivity contribution < 1.29 is 4.74 Å². The molecule has 1 heterocycles. The lowest BCUT2D eigenvalue weighted by atomic mass is 10.2. The minimum atomic E-state index is 0.226. The molecule has 1 aromatic carbocycles. The van der Waals surface area contributed by atoms with Gasteiger partial charge in [-0.05, 0) is 18.2 Å². The summed E-state index contributed by atoms with van der Waals surface area (Å²) in [6.07, 6.45) is 0. The zero-order valence-corrected chi connectivity index (χ0v) is 13.9. The Bertz CT molecular complexity index is 701. The van der Waals surface area contributed by atoms with Crippen LogP contribution < -0.4 is 15.4 Å². The van der Waals surface area contributed by atoms with E-state index in [4.69, 9.17) is 15.7 Å². The van der Waals surface area contributed by atoms with Crippen LogP contribution in [0, 0.1) is 11.3 Å². The van der Waals surface area contributed by atoms with Crippen molar-refractivity contribution >= 4 is 23.7 Å². The molecule has 0 saturated carbocycles. The SMILES string of the molecule is CN(C)c1nc(N)nc(CSCCOc2cccc(C#N)c2)n1. The first-order valence-corrected chi connectivity index (χ1v) is 8.12. The topological polar surface area (TPSA) is 101 Å². The zero-order chi connectivity index (χ0) is 16.7. The average molecular weight is 330 g/mol. The Morgan fingerprint density at radius 2 is 2.13 bits per heavy atom. The first kappa shape index (κ1) is 16.8. The highest BCUT2D eigenvalue weighted by atomic mass is 32.2. The number of nitrogens with two attached hydrogens (primary N) is 1. The molecule has 0 saturated heterocycles. The highest BCUT2D eigenvalue weighted by Gasteiger charge is 2.06. The molecule has 1 aromatic heterocycles. The van der Waals surface area contributed by atoms with Gasteiger partial charge in [-0.1, -0.05) is 6.07 Å². The molecule has 0 radical (unpaired) electrons. The summed E-state index contributed by atoms with van der Waals surface area (Å²) in [5.74, 6) is 3.54. The van der Waals surface area contributed by atoms with Crippen LogP contribution in [0.3, 0.4) is 0 Å². The van der Waals surface area contributed by atoms with Crippen LogP contribution in [-0.2, 0) is 5.75 Å². The van der Waals surface area contributed by atoms with Crippen molar-refractivity contribution in [1.29, 1.82) is 5.26 Å². The number of thioether (sulfide) groups is 1. The molecule has 2 aromatic rings. The van der Waals surface area contributed by atoms with Crippen LogP contribution in [-0.4, -0.2) is 41.4 Å². The lowest BCUT2D eigenvalue weighted by molar-refractivity contribution is 0.344. The number of anilines is 2. The molecular weight excluding hydrogens is 312 g/mol. The molecule has 8 heteroatoms. The van der Waals surface area contributed by atoms with Gasteiger partial charge in [-0.2, -0.15) is 32.0 Å². The number of benzene rings is 1. The third-order valence-corrected chi connectivity index (χ3v) is 3.70. The van der Waals surface area contributed by atoms with Crippen LogP contribution >= 0.6 is 11.8 Å². The Labute approximate surface area is 139 Å². The molecule has 7 nitrogen and oxygen atoms in total. The van der Waals surface area contributed by atoms with Crippen molar-refractivity contribution in [2.24, 2.45) is 0 Å². The molecule has 2 N–H and O–H groups in total. The molecule has 0 unspecified atom stereocenters. The van der Waals surface area contributed by atoms with E-state index < -0.39 is 0 Å². The van der Waals surface area contributed by atoms with E-state index >= 15 is 0 Å². The van der Waals surface area contributed by atoms with Crippen molar-refractivity contribution in [2.45, 2.75) is 5.75 Å². The van der Waals surface area contributed by atoms with Crippen LogP contribution in [0.5, 0.6) is 5.75 Å². The summed E-state index contributed by atoms with van der Waals surface area (Å²) < 4.78 is 5.61. The van der Waals surface area contributed by atoms with Crippen LogP contribution in [0.4, 0.5) is 11.9 Å². The maximum absolute atomic E-state index is 8.84. The van der Waals surface area contributed by atoms with E-state index in [1.165, 1.54) is 0 Å². The quantitative estimate of drug-likeness (QED) is 0.766. The molecule has 0 atom stereocenters. The van der Waals surface area contributed by atoms with E-state index in [2.05, 4.69) is 21.0 Å². The number of ether oxygens (including phenoxy) is 1. The third-order valence-electron chi connectivity index (χ3n) is 2.78. The second-order valence-electron chi connectivity index (χ2n) is 4.84. The predicted octanol–water partition coefficient (Wildman–Crippen LogP) is 1.70. The molecule has 0 bridgehead atoms. The van der Waals surface area contributed by atoms with Gasteiger partial charge in [0.1, 0.15) is 11.6 Å². The van der Waals surface area contributed by atoms with Gasteiger partial charge in [0, 0.05) is 19.8 Å². The van der Waals surface area contributed by atoms with E-state index in [1.54, 1.807) is 34.9 Å². The van der Waals surface area contributed by atoms with Gasteiger partial charge in [0.15, 0.2) is 0 Å². The maximum atomic E-state index is 8.84. The summed E-state index contributed by atoms with van der Waals surface area (Å²) in [4.78, 5) is 14.3. The Kier molecular flexibility index (Phi) is 6.00. The van der Waals surface area contributed by atoms with E-state index in [0.717, 1.165) is 5.75 Å². The fraction of sp³-hybridized carbons (Fsp3) is 0.333. The summed E-state index contributed by atoms with van der Waals surface area (Å²) in [6, 6.07) is 9.19. The normalized spacial score (nSPS) is 10.1. The molecule has 0 aliphatic carbocycles. The number of hydrogen-bond acceptors (Lipinski definition) is 8. The van der Waals surface area contributed by atoms with Gasteiger partial charge in [-0.15, -0.1) is 0 Å². The fourth-order valence-corrected chi connectivity index (χ4v) is 2.38. The van der Waals surface area contributed by atoms with Crippen molar-refractivity contribution in [3.8, 4) is 11.8 Å². The predicted molar refractivity (Wildman–Crippen MR) is 91.4 cm³/mol. The zero-order valence-electron chi connectivity index (χ0n) is 13.1. The number of hydrogen-bond donors (Lipinski definition) is 1. The standard InChI is InChI=1S/C15H18N6OS/c1-21(2)15-19-13(18-14(17)20-15)10-23-7-6-22-12-5-3-4-11(8-12)9-16/h3-5,8H,6-7,10H2,1-2H3,(H2,17,18,19,20). The molecule has 23 heavy (non-hydrogen) atoms. The number of aromatic nitrogens is 3. The van der Waals surface area contributed by atoms with Gasteiger partial charge in [-0.3, -0.25) is 0 Å². The second kappa shape index (κ2) is 8.19. The Hall–Kier alpha value is -2.53. The van der Waals surface area contributed by atoms with Gasteiger partial charge < -0.3 is 15.4 Å². The van der Waals surface area contributed by atoms with Gasteiger partial charge in [-0.25, -0.2) is 0 Å². The Morgan fingerprint density at radius 3 is 2.87 bits per heavy atom. The van der Waals surface area contributed by atoms with Crippen LogP contribution in [0.2, 0.25) is 0 Å². The minimum Gasteiger partial charge on any atom is -0.493 e. The van der Waals surface area contributed by atoms with E-state index in [-0.39, 0.29) is 5.95 Å². The summed E-state index contributed by atoms with van der Waals surface area (Å²) in [5, 5.41) is 8.84. The smallest absolute Gasteiger partial charge is 0.229 e. The minimum absolute atomic E-state index is 0.226. The first-order chi connectivity index (χ1) is 11.1. The summed E-state index contributed by atoms with van der Waals surface area (Å²) >= 11 is 1.65. The van der Waals surface area contributed by atoms with Crippen LogP contribution in [0.15, 0.2) is 24.3 Å². The first-order valence-electron chi connectivity index (χ1n) is 6.97. The number of nitrogens with zero attached hydrogens (tertiary/aromatic N) is 5. The summed E-state index contributed by atoms with van der Waals surface area (Å²) in [7, 11) is 3.71. The lowest BCUT2D eigenvalue weighted by Crippen LogP contribution is -2.16. The monoisotopic (exact) mass is 330 g/mol. The summed E-state index contributed by atoms with van der Waals surface area (Å²) in [5.41, 5.74) is 6.27. The molecular formula is C15H18N6OS. The second-order valence-corrected chi connectivity index (χ2v) is 5.95. The molecule has 0 spiro atoms. The van der Waals surface area contributed by atoms with Gasteiger partial charge in [0.2, 0.25) is 11.9 Å². The van der Waals surface area contributed by atoms with E-state index in [0.29, 0.717) is 35.4 Å². The maximum Gasteiger partial charge on any atom is 0.229 e. The number of rotatable bonds is 7. The van der Waals surface area contributed by atoms with Gasteiger partial charge in [0.25, 0.3) is 0 Å². The summed E-state index contributed by atoms with van der Waals surface area (Å²) in [6.45, 7) is 0.542. The van der Waals surface area contributed by atoms with Crippen molar-refractivity contribution in [3.63, 3.8) is 0 Å². The fourth-order valence-electron chi connectivity index (χ4n) is 1.73. The average Bonchev–Trinajstić information content (AvgIpc) is 2.54. The van der Waals surface area contributed by atoms with Gasteiger partial charge >= 0.3 is 0 Å². The van der Waals surface area contributed by atoms with Crippen molar-refractivity contribution in [2.75, 3.05) is 37.1 Å². The molecule has 0 amide bonds. The third kappa shape index (κ3) is 5.30. The number of nitrogen functional groups attached to an aromatic ring is 1. The molecule has 120 valence electrons. The van der Waals surface area contributed by atoms with Gasteiger partial charge in [0.05, 0.1) is 24.0 Å². The Balaban J connectivity index is 1.78. The molecule has 0 fully saturated rings. The molecule has 2 rings (SSSR count). The molecule has 0 aliphatic heterocycles. The van der Waals surface area contributed by atoms with E-state index in [9.17, 15) is 0 Å². The molecule has 0 aliphatic rings. The van der Waals surface area contributed by atoms with Crippen molar-refractivity contribution in [1.82, 2.24) is 15.0 Å². The number of nitriles is 1. The largest absolute Gasteiger partial charge is 0.493 e. The highest BCUT2D eigenvalue weighted by molar-refractivity contribution is 7.98. The van der Waals surface area contributed by atoms with E-state index in [1.807, 2.05) is 20.2 Å². The lowest BCUT2D eigenvalue weighted by Gasteiger charge is -2.11. The van der Waals surface area contributed by atoms with Crippen LogP contribution in [0.1, 0.15) is 11.4 Å². The highest BCUT2D eigenvalue weighted by Crippen LogP contribution is 2.15.